The molecular formula is C20H24N2O4. The van der Waals surface area contributed by atoms with Crippen LogP contribution >= 0.6 is 0 Å². The van der Waals surface area contributed by atoms with Gasteiger partial charge in [0.15, 0.2) is 0 Å². The monoisotopic (exact) mass is 356 g/mol. The van der Waals surface area contributed by atoms with E-state index in [1.807, 2.05) is 12.1 Å². The molecule has 0 heterocycles. The van der Waals surface area contributed by atoms with Gasteiger partial charge in [-0.3, -0.25) is 9.59 Å². The molecule has 0 aromatic heterocycles. The Morgan fingerprint density at radius 3 is 2.00 bits per heavy atom. The molecule has 0 aliphatic carbocycles. The Morgan fingerprint density at radius 2 is 1.46 bits per heavy atom. The molecule has 2 N–H and O–H groups in total. The summed E-state index contributed by atoms with van der Waals surface area (Å²) < 4.78 is 10.3. The van der Waals surface area contributed by atoms with E-state index in [9.17, 15) is 9.59 Å². The van der Waals surface area contributed by atoms with Crippen LogP contribution in [0.2, 0.25) is 0 Å². The molecule has 2 amide bonds. The smallest absolute Gasteiger partial charge is 0.314 e. The lowest BCUT2D eigenvalue weighted by atomic mass is 9.87. The Balaban J connectivity index is 2.05. The number of amides is 2. The van der Waals surface area contributed by atoms with E-state index in [2.05, 4.69) is 31.4 Å². The van der Waals surface area contributed by atoms with Gasteiger partial charge in [-0.15, -0.1) is 0 Å². The van der Waals surface area contributed by atoms with Crippen molar-refractivity contribution >= 4 is 23.2 Å². The minimum absolute atomic E-state index is 0.0187. The number of benzene rings is 2. The number of anilines is 2. The lowest BCUT2D eigenvalue weighted by molar-refractivity contribution is -0.133. The molecule has 26 heavy (non-hydrogen) atoms. The predicted octanol–water partition coefficient (Wildman–Crippen LogP) is 3.58. The van der Waals surface area contributed by atoms with Crippen LogP contribution in [-0.4, -0.2) is 26.0 Å². The van der Waals surface area contributed by atoms with Crippen LogP contribution in [0.5, 0.6) is 11.5 Å². The first-order chi connectivity index (χ1) is 12.2. The van der Waals surface area contributed by atoms with E-state index in [-0.39, 0.29) is 5.41 Å². The predicted molar refractivity (Wildman–Crippen MR) is 102 cm³/mol. The molecule has 2 aromatic carbocycles. The number of hydrogen-bond acceptors (Lipinski definition) is 4. The average Bonchev–Trinajstić information content (AvgIpc) is 2.61. The highest BCUT2D eigenvalue weighted by Crippen LogP contribution is 2.29. The Bertz CT molecular complexity index is 792. The summed E-state index contributed by atoms with van der Waals surface area (Å²) in [5.74, 6) is -0.553. The molecule has 0 aliphatic rings. The molecule has 0 saturated carbocycles. The third-order valence-electron chi connectivity index (χ3n) is 3.87. The maximum absolute atomic E-state index is 12.2. The molecule has 0 atom stereocenters. The fraction of sp³-hybridized carbons (Fsp3) is 0.300. The van der Waals surface area contributed by atoms with Gasteiger partial charge in [-0.05, 0) is 35.2 Å². The minimum Gasteiger partial charge on any atom is -0.497 e. The van der Waals surface area contributed by atoms with E-state index in [0.717, 1.165) is 5.56 Å². The van der Waals surface area contributed by atoms with Crippen LogP contribution in [-0.2, 0) is 15.0 Å². The zero-order chi connectivity index (χ0) is 19.3. The van der Waals surface area contributed by atoms with Crippen LogP contribution in [0, 0.1) is 0 Å². The van der Waals surface area contributed by atoms with Gasteiger partial charge in [0, 0.05) is 11.8 Å². The number of hydrogen-bond donors (Lipinski definition) is 2. The van der Waals surface area contributed by atoms with Gasteiger partial charge in [-0.1, -0.05) is 32.9 Å². The van der Waals surface area contributed by atoms with Crippen molar-refractivity contribution in [3.63, 3.8) is 0 Å². The molecule has 2 aromatic rings. The number of methoxy groups -OCH3 is 2. The standard InChI is InChI=1S/C20H24N2O4/c1-20(2,3)13-6-8-14(9-7-13)21-18(23)19(24)22-16-11-10-15(25-4)12-17(16)26-5/h6-12H,1-5H3,(H,21,23)(H,22,24). The molecule has 0 fully saturated rings. The lowest BCUT2D eigenvalue weighted by Crippen LogP contribution is -2.29. The number of nitrogens with one attached hydrogen (secondary N) is 2. The average molecular weight is 356 g/mol. The molecule has 0 spiro atoms. The number of ether oxygens (including phenoxy) is 2. The van der Waals surface area contributed by atoms with Crippen molar-refractivity contribution in [2.75, 3.05) is 24.9 Å². The van der Waals surface area contributed by atoms with Crippen molar-refractivity contribution < 1.29 is 19.1 Å². The van der Waals surface area contributed by atoms with E-state index in [0.29, 0.717) is 22.9 Å². The summed E-state index contributed by atoms with van der Waals surface area (Å²) in [7, 11) is 3.01. The van der Waals surface area contributed by atoms with E-state index in [4.69, 9.17) is 9.47 Å². The van der Waals surface area contributed by atoms with Gasteiger partial charge in [-0.2, -0.15) is 0 Å². The van der Waals surface area contributed by atoms with Gasteiger partial charge < -0.3 is 20.1 Å². The molecule has 0 saturated heterocycles. The Morgan fingerprint density at radius 1 is 0.846 bits per heavy atom. The second kappa shape index (κ2) is 7.91. The summed E-state index contributed by atoms with van der Waals surface area (Å²) in [6, 6.07) is 12.3. The second-order valence-electron chi connectivity index (χ2n) is 6.80. The second-order valence-corrected chi connectivity index (χ2v) is 6.80. The molecule has 0 unspecified atom stereocenters. The molecule has 138 valence electrons. The molecule has 0 radical (unpaired) electrons. The van der Waals surface area contributed by atoms with E-state index in [1.165, 1.54) is 14.2 Å². The van der Waals surface area contributed by atoms with Crippen LogP contribution < -0.4 is 20.1 Å². The topological polar surface area (TPSA) is 76.7 Å². The summed E-state index contributed by atoms with van der Waals surface area (Å²) in [4.78, 5) is 24.3. The minimum atomic E-state index is -0.784. The zero-order valence-corrected chi connectivity index (χ0v) is 15.7. The van der Waals surface area contributed by atoms with Crippen LogP contribution in [0.15, 0.2) is 42.5 Å². The maximum atomic E-state index is 12.2. The third-order valence-corrected chi connectivity index (χ3v) is 3.87. The van der Waals surface area contributed by atoms with Gasteiger partial charge >= 0.3 is 11.8 Å². The fourth-order valence-corrected chi connectivity index (χ4v) is 2.32. The quantitative estimate of drug-likeness (QED) is 0.821. The SMILES string of the molecule is COc1ccc(NC(=O)C(=O)Nc2ccc(C(C)(C)C)cc2)c(OC)c1. The van der Waals surface area contributed by atoms with Crippen LogP contribution in [0.1, 0.15) is 26.3 Å². The molecule has 0 bridgehead atoms. The first kappa shape index (κ1) is 19.3. The summed E-state index contributed by atoms with van der Waals surface area (Å²) in [6.07, 6.45) is 0. The number of carbonyl (C=O) groups is 2. The summed E-state index contributed by atoms with van der Waals surface area (Å²) in [5.41, 5.74) is 2.10. The highest BCUT2D eigenvalue weighted by Gasteiger charge is 2.17. The lowest BCUT2D eigenvalue weighted by Gasteiger charge is -2.19. The summed E-state index contributed by atoms with van der Waals surface area (Å²) in [5, 5.41) is 5.12. The van der Waals surface area contributed by atoms with Gasteiger partial charge in [0.2, 0.25) is 0 Å². The van der Waals surface area contributed by atoms with Gasteiger partial charge in [0.1, 0.15) is 11.5 Å². The zero-order valence-electron chi connectivity index (χ0n) is 15.7. The third kappa shape index (κ3) is 4.75. The van der Waals surface area contributed by atoms with Crippen LogP contribution in [0.4, 0.5) is 11.4 Å². The molecule has 6 nitrogen and oxygen atoms in total. The highest BCUT2D eigenvalue weighted by molar-refractivity contribution is 6.43. The van der Waals surface area contributed by atoms with E-state index < -0.39 is 11.8 Å². The van der Waals surface area contributed by atoms with Crippen molar-refractivity contribution in [1.29, 1.82) is 0 Å². The van der Waals surface area contributed by atoms with Crippen molar-refractivity contribution in [3.8, 4) is 11.5 Å². The number of carbonyl (C=O) groups excluding carboxylic acids is 2. The maximum Gasteiger partial charge on any atom is 0.314 e. The van der Waals surface area contributed by atoms with Crippen molar-refractivity contribution in [3.05, 3.63) is 48.0 Å². The van der Waals surface area contributed by atoms with E-state index in [1.54, 1.807) is 30.3 Å². The van der Waals surface area contributed by atoms with Gasteiger partial charge in [-0.25, -0.2) is 0 Å². The molecule has 2 rings (SSSR count). The van der Waals surface area contributed by atoms with Crippen molar-refractivity contribution in [2.45, 2.75) is 26.2 Å². The highest BCUT2D eigenvalue weighted by atomic mass is 16.5. The first-order valence-electron chi connectivity index (χ1n) is 8.19. The Kier molecular flexibility index (Phi) is 5.87. The number of rotatable bonds is 4. The van der Waals surface area contributed by atoms with Crippen molar-refractivity contribution in [1.82, 2.24) is 0 Å². The van der Waals surface area contributed by atoms with Crippen LogP contribution in [0.25, 0.3) is 0 Å². The Labute approximate surface area is 153 Å². The van der Waals surface area contributed by atoms with Gasteiger partial charge in [0.05, 0.1) is 19.9 Å². The normalized spacial score (nSPS) is 10.8. The molecule has 6 heteroatoms. The van der Waals surface area contributed by atoms with Crippen molar-refractivity contribution in [2.24, 2.45) is 0 Å². The largest absolute Gasteiger partial charge is 0.497 e. The molecular weight excluding hydrogens is 332 g/mol. The van der Waals surface area contributed by atoms with E-state index >= 15 is 0 Å². The summed E-state index contributed by atoms with van der Waals surface area (Å²) >= 11 is 0. The summed E-state index contributed by atoms with van der Waals surface area (Å²) in [6.45, 7) is 6.32. The Hall–Kier alpha value is -3.02. The van der Waals surface area contributed by atoms with Gasteiger partial charge in [0.25, 0.3) is 0 Å². The first-order valence-corrected chi connectivity index (χ1v) is 8.19. The van der Waals surface area contributed by atoms with Crippen LogP contribution in [0.3, 0.4) is 0 Å². The molecule has 0 aliphatic heterocycles. The fourth-order valence-electron chi connectivity index (χ4n) is 2.32.